The number of nitrogens with zero attached hydrogens (tertiary/aromatic N) is 3. The first kappa shape index (κ1) is 19.4. The number of benzene rings is 3. The summed E-state index contributed by atoms with van der Waals surface area (Å²) in [4.78, 5) is 12.4. The summed E-state index contributed by atoms with van der Waals surface area (Å²) in [6.45, 7) is 0.361. The van der Waals surface area contributed by atoms with Crippen LogP contribution in [0.25, 0.3) is 10.9 Å². The van der Waals surface area contributed by atoms with Crippen LogP contribution in [-0.2, 0) is 6.54 Å². The molecule has 0 saturated carbocycles. The number of para-hydroxylation sites is 1. The van der Waals surface area contributed by atoms with E-state index in [0.717, 1.165) is 11.1 Å². The standard InChI is InChI=1S/C22H15BrClN3O2/c23-17-10-4-2-8-15(17)21(28)26-25-20-16-9-3-6-12-19(16)27(22(20)29)13-14-7-1-5-11-18(14)24/h1-12,29H,13H2. The Morgan fingerprint density at radius 1 is 1.00 bits per heavy atom. The summed E-state index contributed by atoms with van der Waals surface area (Å²) in [5.41, 5.74) is 2.27. The number of hydrogen-bond donors (Lipinski definition) is 1. The molecule has 3 aromatic carbocycles. The Bertz CT molecular complexity index is 1250. The Morgan fingerprint density at radius 2 is 1.69 bits per heavy atom. The fourth-order valence-electron chi connectivity index (χ4n) is 3.11. The molecule has 4 rings (SSSR count). The molecule has 0 saturated heterocycles. The minimum atomic E-state index is -0.500. The highest BCUT2D eigenvalue weighted by Gasteiger charge is 2.18. The molecule has 0 aliphatic rings. The van der Waals surface area contributed by atoms with E-state index in [2.05, 4.69) is 26.2 Å². The van der Waals surface area contributed by atoms with Crippen molar-refractivity contribution in [2.75, 3.05) is 0 Å². The second kappa shape index (κ2) is 8.19. The fourth-order valence-corrected chi connectivity index (χ4v) is 3.76. The highest BCUT2D eigenvalue weighted by Crippen LogP contribution is 2.39. The molecule has 1 aromatic heterocycles. The lowest BCUT2D eigenvalue weighted by Gasteiger charge is -2.08. The maximum absolute atomic E-state index is 12.4. The molecule has 4 aromatic rings. The third-order valence-electron chi connectivity index (χ3n) is 4.55. The maximum atomic E-state index is 12.4. The van der Waals surface area contributed by atoms with Crippen LogP contribution in [0.2, 0.25) is 5.02 Å². The van der Waals surface area contributed by atoms with E-state index in [4.69, 9.17) is 11.6 Å². The van der Waals surface area contributed by atoms with Crippen LogP contribution in [0.4, 0.5) is 5.69 Å². The van der Waals surface area contributed by atoms with E-state index < -0.39 is 5.91 Å². The summed E-state index contributed by atoms with van der Waals surface area (Å²) in [5.74, 6) is -0.574. The maximum Gasteiger partial charge on any atom is 0.296 e. The van der Waals surface area contributed by atoms with Gasteiger partial charge in [0, 0.05) is 14.9 Å². The molecule has 1 amide bonds. The van der Waals surface area contributed by atoms with Crippen molar-refractivity contribution in [3.05, 3.63) is 93.4 Å². The largest absolute Gasteiger partial charge is 0.493 e. The SMILES string of the molecule is O=C(N=Nc1c(O)n(Cc2ccccc2Cl)c2ccccc12)c1ccccc1Br. The van der Waals surface area contributed by atoms with E-state index in [1.807, 2.05) is 48.5 Å². The molecule has 144 valence electrons. The topological polar surface area (TPSA) is 66.9 Å². The molecule has 0 unspecified atom stereocenters. The first-order valence-corrected chi connectivity index (χ1v) is 9.97. The van der Waals surface area contributed by atoms with Gasteiger partial charge in [-0.15, -0.1) is 10.2 Å². The van der Waals surface area contributed by atoms with Crippen LogP contribution in [0.5, 0.6) is 5.88 Å². The second-order valence-corrected chi connectivity index (χ2v) is 7.61. The minimum Gasteiger partial charge on any atom is -0.493 e. The van der Waals surface area contributed by atoms with Crippen LogP contribution in [0.15, 0.2) is 87.5 Å². The molecule has 0 aliphatic carbocycles. The van der Waals surface area contributed by atoms with Crippen LogP contribution >= 0.6 is 27.5 Å². The van der Waals surface area contributed by atoms with E-state index >= 15 is 0 Å². The van der Waals surface area contributed by atoms with Crippen LogP contribution in [0.3, 0.4) is 0 Å². The number of aromatic nitrogens is 1. The molecule has 0 bridgehead atoms. The van der Waals surface area contributed by atoms with E-state index in [1.54, 1.807) is 28.8 Å². The van der Waals surface area contributed by atoms with Crippen molar-refractivity contribution >= 4 is 50.0 Å². The summed E-state index contributed by atoms with van der Waals surface area (Å²) in [6.07, 6.45) is 0. The average Bonchev–Trinajstić information content (AvgIpc) is 2.99. The van der Waals surface area contributed by atoms with Gasteiger partial charge in [0.2, 0.25) is 5.88 Å². The Morgan fingerprint density at radius 3 is 2.48 bits per heavy atom. The highest BCUT2D eigenvalue weighted by molar-refractivity contribution is 9.10. The lowest BCUT2D eigenvalue weighted by molar-refractivity contribution is 0.0994. The highest BCUT2D eigenvalue weighted by atomic mass is 79.9. The van der Waals surface area contributed by atoms with Gasteiger partial charge in [0.1, 0.15) is 0 Å². The first-order valence-electron chi connectivity index (χ1n) is 8.80. The van der Waals surface area contributed by atoms with Gasteiger partial charge in [0.25, 0.3) is 5.91 Å². The summed E-state index contributed by atoms with van der Waals surface area (Å²) in [7, 11) is 0. The van der Waals surface area contributed by atoms with E-state index in [9.17, 15) is 9.90 Å². The Kier molecular flexibility index (Phi) is 5.47. The normalized spacial score (nSPS) is 11.4. The number of carbonyl (C=O) groups excluding carboxylic acids is 1. The van der Waals surface area contributed by atoms with Crippen LogP contribution in [-0.4, -0.2) is 15.6 Å². The van der Waals surface area contributed by atoms with Gasteiger partial charge in [-0.05, 0) is 45.8 Å². The molecule has 0 aliphatic heterocycles. The molecule has 0 radical (unpaired) electrons. The van der Waals surface area contributed by atoms with Gasteiger partial charge in [-0.25, -0.2) is 0 Å². The van der Waals surface area contributed by atoms with Gasteiger partial charge in [0.15, 0.2) is 5.69 Å². The first-order chi connectivity index (χ1) is 14.1. The van der Waals surface area contributed by atoms with E-state index in [-0.39, 0.29) is 11.6 Å². The number of rotatable bonds is 4. The van der Waals surface area contributed by atoms with Crippen molar-refractivity contribution in [2.45, 2.75) is 6.54 Å². The summed E-state index contributed by atoms with van der Waals surface area (Å²) in [5, 5.41) is 20.1. The zero-order valence-corrected chi connectivity index (χ0v) is 17.4. The molecule has 29 heavy (non-hydrogen) atoms. The number of amides is 1. The Balaban J connectivity index is 1.76. The second-order valence-electron chi connectivity index (χ2n) is 6.35. The Hall–Kier alpha value is -2.96. The zero-order chi connectivity index (χ0) is 20.4. The van der Waals surface area contributed by atoms with Gasteiger partial charge in [-0.1, -0.05) is 60.1 Å². The Labute approximate surface area is 180 Å². The third-order valence-corrected chi connectivity index (χ3v) is 5.61. The van der Waals surface area contributed by atoms with Crippen molar-refractivity contribution < 1.29 is 9.90 Å². The molecular weight excluding hydrogens is 454 g/mol. The minimum absolute atomic E-state index is 0.0743. The third kappa shape index (κ3) is 3.81. The predicted octanol–water partition coefficient (Wildman–Crippen LogP) is 6.74. The fraction of sp³-hybridized carbons (Fsp3) is 0.0455. The van der Waals surface area contributed by atoms with Gasteiger partial charge in [0.05, 0.1) is 17.6 Å². The number of halogens is 2. The number of hydrogen-bond acceptors (Lipinski definition) is 3. The predicted molar refractivity (Wildman–Crippen MR) is 117 cm³/mol. The van der Waals surface area contributed by atoms with Crippen molar-refractivity contribution in [3.8, 4) is 5.88 Å². The van der Waals surface area contributed by atoms with Gasteiger partial charge < -0.3 is 9.67 Å². The smallest absolute Gasteiger partial charge is 0.296 e. The molecule has 1 heterocycles. The molecule has 7 heteroatoms. The van der Waals surface area contributed by atoms with Crippen LogP contribution < -0.4 is 0 Å². The van der Waals surface area contributed by atoms with Crippen molar-refractivity contribution in [1.82, 2.24) is 4.57 Å². The van der Waals surface area contributed by atoms with Crippen molar-refractivity contribution in [3.63, 3.8) is 0 Å². The van der Waals surface area contributed by atoms with Gasteiger partial charge in [-0.2, -0.15) is 0 Å². The monoisotopic (exact) mass is 467 g/mol. The van der Waals surface area contributed by atoms with Gasteiger partial charge >= 0.3 is 0 Å². The zero-order valence-electron chi connectivity index (χ0n) is 15.1. The lowest BCUT2D eigenvalue weighted by Crippen LogP contribution is -1.99. The molecule has 0 atom stereocenters. The number of aromatic hydroxyl groups is 1. The summed E-state index contributed by atoms with van der Waals surface area (Å²) in [6, 6.07) is 21.8. The average molecular weight is 469 g/mol. The van der Waals surface area contributed by atoms with Crippen molar-refractivity contribution in [2.24, 2.45) is 10.2 Å². The molecule has 0 spiro atoms. The molecular formula is C22H15BrClN3O2. The summed E-state index contributed by atoms with van der Waals surface area (Å²) >= 11 is 9.62. The number of azo groups is 1. The molecule has 0 fully saturated rings. The van der Waals surface area contributed by atoms with E-state index in [0.29, 0.717) is 27.0 Å². The number of fused-ring (bicyclic) bond motifs is 1. The van der Waals surface area contributed by atoms with E-state index in [1.165, 1.54) is 0 Å². The summed E-state index contributed by atoms with van der Waals surface area (Å²) < 4.78 is 2.34. The van der Waals surface area contributed by atoms with Gasteiger partial charge in [-0.3, -0.25) is 4.79 Å². The molecule has 1 N–H and O–H groups in total. The van der Waals surface area contributed by atoms with Crippen LogP contribution in [0, 0.1) is 0 Å². The van der Waals surface area contributed by atoms with Crippen molar-refractivity contribution in [1.29, 1.82) is 0 Å². The van der Waals surface area contributed by atoms with Crippen LogP contribution in [0.1, 0.15) is 15.9 Å². The number of carbonyl (C=O) groups is 1. The lowest BCUT2D eigenvalue weighted by atomic mass is 10.2. The quantitative estimate of drug-likeness (QED) is 0.337. The molecule has 5 nitrogen and oxygen atoms in total.